The van der Waals surface area contributed by atoms with Crippen molar-refractivity contribution < 1.29 is 19.1 Å². The zero-order valence-electron chi connectivity index (χ0n) is 6.28. The van der Waals surface area contributed by atoms with Gasteiger partial charge in [0.05, 0.1) is 6.26 Å². The normalized spacial score (nSPS) is 9.67. The van der Waals surface area contributed by atoms with Gasteiger partial charge in [-0.05, 0) is 18.6 Å². The molecular weight excluding hydrogens is 160 g/mol. The van der Waals surface area contributed by atoms with Gasteiger partial charge in [-0.3, -0.25) is 4.79 Å². The van der Waals surface area contributed by atoms with Crippen LogP contribution >= 0.6 is 0 Å². The van der Waals surface area contributed by atoms with Crippen molar-refractivity contribution in [1.82, 2.24) is 0 Å². The number of carbonyl (C=O) groups excluding carboxylic acids is 2. The Hall–Kier alpha value is -1.58. The molecule has 0 aliphatic carbocycles. The zero-order valence-corrected chi connectivity index (χ0v) is 6.28. The Morgan fingerprint density at radius 2 is 2.17 bits per heavy atom. The van der Waals surface area contributed by atoms with Gasteiger partial charge in [0.15, 0.2) is 11.5 Å². The van der Waals surface area contributed by atoms with Crippen LogP contribution in [0.25, 0.3) is 0 Å². The lowest BCUT2D eigenvalue weighted by atomic mass is 10.2. The lowest BCUT2D eigenvalue weighted by Gasteiger charge is -1.98. The van der Waals surface area contributed by atoms with Crippen LogP contribution in [0.15, 0.2) is 22.8 Å². The molecule has 0 fully saturated rings. The highest BCUT2D eigenvalue weighted by atomic mass is 16.4. The molecule has 1 aromatic rings. The van der Waals surface area contributed by atoms with E-state index in [1.54, 1.807) is 6.07 Å². The summed E-state index contributed by atoms with van der Waals surface area (Å²) in [5.74, 6) is -1.35. The van der Waals surface area contributed by atoms with Gasteiger partial charge in [-0.2, -0.15) is 0 Å². The maximum Gasteiger partial charge on any atom is 0.198 e. The van der Waals surface area contributed by atoms with Gasteiger partial charge < -0.3 is 14.3 Å². The summed E-state index contributed by atoms with van der Waals surface area (Å²) in [4.78, 5) is 21.0. The van der Waals surface area contributed by atoms with Crippen LogP contribution in [0, 0.1) is 0 Å². The van der Waals surface area contributed by atoms with Crippen LogP contribution in [0.4, 0.5) is 0 Å². The molecule has 12 heavy (non-hydrogen) atoms. The summed E-state index contributed by atoms with van der Waals surface area (Å²) in [5, 5.41) is 9.98. The molecule has 1 rings (SSSR count). The SMILES string of the molecule is O=C([O-])CCC(=O)c1ccco1. The van der Waals surface area contributed by atoms with Crippen LogP contribution in [-0.4, -0.2) is 11.8 Å². The minimum absolute atomic E-state index is 0.0736. The highest BCUT2D eigenvalue weighted by Crippen LogP contribution is 2.05. The van der Waals surface area contributed by atoms with E-state index in [1.807, 2.05) is 0 Å². The number of Topliss-reactive ketones (excluding diaryl/α,β-unsaturated/α-hetero) is 1. The summed E-state index contributed by atoms with van der Waals surface area (Å²) >= 11 is 0. The first-order valence-corrected chi connectivity index (χ1v) is 3.46. The molecule has 0 amide bonds. The number of carbonyl (C=O) groups is 2. The average Bonchev–Trinajstić information content (AvgIpc) is 2.51. The van der Waals surface area contributed by atoms with Crippen molar-refractivity contribution in [2.24, 2.45) is 0 Å². The minimum atomic E-state index is -1.23. The molecule has 0 saturated heterocycles. The van der Waals surface area contributed by atoms with Crippen LogP contribution in [-0.2, 0) is 4.79 Å². The van der Waals surface area contributed by atoms with Crippen molar-refractivity contribution in [3.63, 3.8) is 0 Å². The van der Waals surface area contributed by atoms with E-state index in [9.17, 15) is 14.7 Å². The smallest absolute Gasteiger partial charge is 0.198 e. The van der Waals surface area contributed by atoms with Gasteiger partial charge >= 0.3 is 0 Å². The van der Waals surface area contributed by atoms with Gasteiger partial charge in [-0.25, -0.2) is 0 Å². The Bertz CT molecular complexity index is 273. The van der Waals surface area contributed by atoms with Crippen LogP contribution in [0.5, 0.6) is 0 Å². The molecule has 4 heteroatoms. The topological polar surface area (TPSA) is 70.3 Å². The number of furan rings is 1. The molecule has 4 nitrogen and oxygen atoms in total. The van der Waals surface area contributed by atoms with Crippen LogP contribution in [0.1, 0.15) is 23.4 Å². The second kappa shape index (κ2) is 3.71. The Balaban J connectivity index is 2.45. The fourth-order valence-corrected chi connectivity index (χ4v) is 0.776. The largest absolute Gasteiger partial charge is 0.550 e. The fourth-order valence-electron chi connectivity index (χ4n) is 0.776. The monoisotopic (exact) mass is 167 g/mol. The molecule has 1 heterocycles. The molecule has 0 aliphatic heterocycles. The predicted molar refractivity (Wildman–Crippen MR) is 37.3 cm³/mol. The number of rotatable bonds is 4. The molecule has 64 valence electrons. The summed E-state index contributed by atoms with van der Waals surface area (Å²) in [7, 11) is 0. The van der Waals surface area contributed by atoms with Crippen LogP contribution in [0.3, 0.4) is 0 Å². The molecule has 0 aromatic carbocycles. The molecule has 0 spiro atoms. The lowest BCUT2D eigenvalue weighted by molar-refractivity contribution is -0.305. The summed E-state index contributed by atoms with van der Waals surface area (Å²) < 4.78 is 4.76. The molecule has 1 aromatic heterocycles. The van der Waals surface area contributed by atoms with Crippen molar-refractivity contribution in [2.45, 2.75) is 12.8 Å². The van der Waals surface area contributed by atoms with Crippen molar-refractivity contribution >= 4 is 11.8 Å². The third-order valence-electron chi connectivity index (χ3n) is 1.35. The van der Waals surface area contributed by atoms with Gasteiger partial charge in [0.2, 0.25) is 0 Å². The molecule has 0 atom stereocenters. The first kappa shape index (κ1) is 8.52. The molecule has 0 N–H and O–H groups in total. The van der Waals surface area contributed by atoms with Crippen LogP contribution in [0.2, 0.25) is 0 Å². The Labute approximate surface area is 68.8 Å². The summed E-state index contributed by atoms with van der Waals surface area (Å²) in [6.45, 7) is 0. The van der Waals surface area contributed by atoms with Crippen molar-refractivity contribution in [1.29, 1.82) is 0 Å². The molecule has 0 radical (unpaired) electrons. The standard InChI is InChI=1S/C8H8O4/c9-6(3-4-8(10)11)7-2-1-5-12-7/h1-2,5H,3-4H2,(H,10,11)/p-1. The lowest BCUT2D eigenvalue weighted by Crippen LogP contribution is -2.22. The minimum Gasteiger partial charge on any atom is -0.550 e. The van der Waals surface area contributed by atoms with Crippen molar-refractivity contribution in [3.8, 4) is 0 Å². The van der Waals surface area contributed by atoms with Gasteiger partial charge in [-0.1, -0.05) is 0 Å². The molecule has 0 unspecified atom stereocenters. The molecule has 0 saturated carbocycles. The average molecular weight is 167 g/mol. The number of aliphatic carboxylic acids is 1. The summed E-state index contributed by atoms with van der Waals surface area (Å²) in [6, 6.07) is 3.07. The van der Waals surface area contributed by atoms with E-state index >= 15 is 0 Å². The molecular formula is C8H7O4-. The zero-order chi connectivity index (χ0) is 8.97. The first-order valence-electron chi connectivity index (χ1n) is 3.46. The van der Waals surface area contributed by atoms with E-state index in [-0.39, 0.29) is 24.4 Å². The van der Waals surface area contributed by atoms with Crippen molar-refractivity contribution in [3.05, 3.63) is 24.2 Å². The van der Waals surface area contributed by atoms with Gasteiger partial charge in [-0.15, -0.1) is 0 Å². The Kier molecular flexibility index (Phi) is 2.63. The van der Waals surface area contributed by atoms with E-state index in [1.165, 1.54) is 12.3 Å². The molecule has 0 bridgehead atoms. The summed E-state index contributed by atoms with van der Waals surface area (Å²) in [5.41, 5.74) is 0. The highest BCUT2D eigenvalue weighted by Gasteiger charge is 2.07. The van der Waals surface area contributed by atoms with E-state index in [2.05, 4.69) is 0 Å². The third-order valence-corrected chi connectivity index (χ3v) is 1.35. The highest BCUT2D eigenvalue weighted by molar-refractivity contribution is 5.94. The maximum absolute atomic E-state index is 11.0. The first-order chi connectivity index (χ1) is 5.70. The van der Waals surface area contributed by atoms with Gasteiger partial charge in [0.1, 0.15) is 0 Å². The van der Waals surface area contributed by atoms with Crippen LogP contribution < -0.4 is 5.11 Å². The third kappa shape index (κ3) is 2.23. The fraction of sp³-hybridized carbons (Fsp3) is 0.250. The Morgan fingerprint density at radius 3 is 2.67 bits per heavy atom. The van der Waals surface area contributed by atoms with Crippen molar-refractivity contribution in [2.75, 3.05) is 0 Å². The van der Waals surface area contributed by atoms with Gasteiger partial charge in [0, 0.05) is 12.4 Å². The second-order valence-corrected chi connectivity index (χ2v) is 2.27. The summed E-state index contributed by atoms with van der Waals surface area (Å²) in [6.07, 6.45) is 1.03. The number of hydrogen-bond donors (Lipinski definition) is 0. The second-order valence-electron chi connectivity index (χ2n) is 2.27. The quantitative estimate of drug-likeness (QED) is 0.591. The Morgan fingerprint density at radius 1 is 1.42 bits per heavy atom. The predicted octanol–water partition coefficient (Wildman–Crippen LogP) is -0.00760. The maximum atomic E-state index is 11.0. The number of hydrogen-bond acceptors (Lipinski definition) is 4. The van der Waals surface area contributed by atoms with E-state index in [4.69, 9.17) is 4.42 Å². The number of carboxylic acids is 1. The molecule has 0 aliphatic rings. The van der Waals surface area contributed by atoms with E-state index < -0.39 is 5.97 Å². The number of ketones is 1. The van der Waals surface area contributed by atoms with E-state index in [0.29, 0.717) is 0 Å². The van der Waals surface area contributed by atoms with E-state index in [0.717, 1.165) is 0 Å². The number of carboxylic acid groups (broad SMARTS) is 1. The van der Waals surface area contributed by atoms with Gasteiger partial charge in [0.25, 0.3) is 0 Å².